The first-order valence-electron chi connectivity index (χ1n) is 7.87. The quantitative estimate of drug-likeness (QED) is 0.531. The van der Waals surface area contributed by atoms with Crippen molar-refractivity contribution >= 4 is 28.3 Å². The maximum atomic E-state index is 14.2. The average Bonchev–Trinajstić information content (AvgIpc) is 3.10. The van der Waals surface area contributed by atoms with Crippen LogP contribution in [0, 0.1) is 5.82 Å². The molecule has 0 bridgehead atoms. The maximum Gasteiger partial charge on any atom is 0.445 e. The minimum atomic E-state index is -4.63. The lowest BCUT2D eigenvalue weighted by Crippen LogP contribution is -2.28. The fourth-order valence-corrected chi connectivity index (χ4v) is 3.14. The maximum absolute atomic E-state index is 14.2. The highest BCUT2D eigenvalue weighted by atomic mass is 32.1. The Balaban J connectivity index is 2.15. The molecule has 0 saturated heterocycles. The number of imidazole rings is 1. The first kappa shape index (κ1) is 19.0. The molecule has 0 atom stereocenters. The molecule has 27 heavy (non-hydrogen) atoms. The van der Waals surface area contributed by atoms with Gasteiger partial charge in [-0.25, -0.2) is 13.9 Å². The molecule has 0 unspecified atom stereocenters. The summed E-state index contributed by atoms with van der Waals surface area (Å²) in [6.07, 6.45) is -2.20. The molecule has 1 N–H and O–H groups in total. The topological polar surface area (TPSA) is 59.3 Å². The molecule has 3 rings (SSSR count). The molecule has 0 aliphatic rings. The molecule has 142 valence electrons. The van der Waals surface area contributed by atoms with E-state index in [9.17, 15) is 22.4 Å². The van der Waals surface area contributed by atoms with E-state index in [1.54, 1.807) is 19.9 Å². The summed E-state index contributed by atoms with van der Waals surface area (Å²) >= 11 is 0.343. The zero-order chi connectivity index (χ0) is 19.8. The number of alkyl halides is 3. The largest absolute Gasteiger partial charge is 0.445 e. The normalized spacial score (nSPS) is 12.4. The van der Waals surface area contributed by atoms with Gasteiger partial charge in [0.25, 0.3) is 0 Å². The molecule has 2 heterocycles. The van der Waals surface area contributed by atoms with Gasteiger partial charge in [-0.2, -0.15) is 13.2 Å². The van der Waals surface area contributed by atoms with Gasteiger partial charge in [0, 0.05) is 17.7 Å². The second kappa shape index (κ2) is 7.10. The van der Waals surface area contributed by atoms with Gasteiger partial charge in [-0.1, -0.05) is 23.5 Å². The monoisotopic (exact) mass is 398 g/mol. The van der Waals surface area contributed by atoms with E-state index < -0.39 is 22.9 Å². The van der Waals surface area contributed by atoms with Crippen LogP contribution in [0.5, 0.6) is 0 Å². The van der Waals surface area contributed by atoms with E-state index in [2.05, 4.69) is 15.4 Å². The number of hydrogen-bond acceptors (Lipinski definition) is 4. The van der Waals surface area contributed by atoms with E-state index in [0.29, 0.717) is 11.3 Å². The molecule has 0 saturated carbocycles. The molecule has 5 nitrogen and oxygen atoms in total. The second-order valence-corrected chi connectivity index (χ2v) is 6.88. The Morgan fingerprint density at radius 2 is 2.00 bits per heavy atom. The van der Waals surface area contributed by atoms with Crippen molar-refractivity contribution in [3.05, 3.63) is 46.9 Å². The summed E-state index contributed by atoms with van der Waals surface area (Å²) in [5, 5.41) is 5.09. The lowest BCUT2D eigenvalue weighted by Gasteiger charge is -2.05. The zero-order valence-corrected chi connectivity index (χ0v) is 15.0. The van der Waals surface area contributed by atoms with E-state index in [1.165, 1.54) is 24.3 Å². The third-order valence-corrected chi connectivity index (χ3v) is 4.39. The van der Waals surface area contributed by atoms with E-state index in [0.717, 1.165) is 10.6 Å². The average molecular weight is 398 g/mol. The number of rotatable bonds is 4. The summed E-state index contributed by atoms with van der Waals surface area (Å²) in [7, 11) is 0. The van der Waals surface area contributed by atoms with E-state index in [-0.39, 0.29) is 28.0 Å². The number of carbonyl (C=O) groups is 1. The van der Waals surface area contributed by atoms with E-state index >= 15 is 0 Å². The summed E-state index contributed by atoms with van der Waals surface area (Å²) in [5.41, 5.74) is 0.294. The number of amides is 1. The predicted octanol–water partition coefficient (Wildman–Crippen LogP) is 4.15. The first-order chi connectivity index (χ1) is 12.7. The summed E-state index contributed by atoms with van der Waals surface area (Å²) in [5.74, 6) is -1.02. The van der Waals surface area contributed by atoms with Crippen molar-refractivity contribution in [2.75, 3.05) is 0 Å². The Bertz CT molecular complexity index is 1020. The van der Waals surface area contributed by atoms with Crippen molar-refractivity contribution in [3.63, 3.8) is 0 Å². The van der Waals surface area contributed by atoms with Gasteiger partial charge >= 0.3 is 6.18 Å². The summed E-state index contributed by atoms with van der Waals surface area (Å²) in [4.78, 5) is 15.9. The van der Waals surface area contributed by atoms with Gasteiger partial charge in [-0.15, -0.1) is 5.10 Å². The molecule has 10 heteroatoms. The Kier molecular flexibility index (Phi) is 5.01. The van der Waals surface area contributed by atoms with Crippen LogP contribution in [-0.2, 0) is 11.0 Å². The molecule has 3 aromatic rings. The number of fused-ring (bicyclic) bond motifs is 1. The van der Waals surface area contributed by atoms with Crippen molar-refractivity contribution in [1.29, 1.82) is 0 Å². The van der Waals surface area contributed by atoms with Crippen LogP contribution in [0.4, 0.5) is 17.6 Å². The molecule has 0 fully saturated rings. The Morgan fingerprint density at radius 1 is 1.30 bits per heavy atom. The Morgan fingerprint density at radius 3 is 2.63 bits per heavy atom. The van der Waals surface area contributed by atoms with Crippen LogP contribution in [0.1, 0.15) is 24.5 Å². The van der Waals surface area contributed by atoms with Gasteiger partial charge < -0.3 is 5.32 Å². The minimum absolute atomic E-state index is 0.0514. The fraction of sp³-hybridized carbons (Fsp3) is 0.235. The predicted molar refractivity (Wildman–Crippen MR) is 93.6 cm³/mol. The number of hydrogen-bond donors (Lipinski definition) is 1. The molecule has 0 spiro atoms. The number of nitrogens with zero attached hydrogens (tertiary/aromatic N) is 3. The minimum Gasteiger partial charge on any atom is -0.350 e. The van der Waals surface area contributed by atoms with Crippen molar-refractivity contribution in [2.45, 2.75) is 26.1 Å². The number of carbonyl (C=O) groups excluding carboxylic acids is 1. The van der Waals surface area contributed by atoms with Gasteiger partial charge in [-0.05, 0) is 32.1 Å². The molecular weight excluding hydrogens is 384 g/mol. The van der Waals surface area contributed by atoms with Crippen LogP contribution in [0.3, 0.4) is 0 Å². The molecule has 0 aliphatic carbocycles. The Labute approximate surface area is 155 Å². The summed E-state index contributed by atoms with van der Waals surface area (Å²) < 4.78 is 54.0. The lowest BCUT2D eigenvalue weighted by molar-refractivity contribution is -0.138. The van der Waals surface area contributed by atoms with E-state index in [4.69, 9.17) is 0 Å². The van der Waals surface area contributed by atoms with Crippen molar-refractivity contribution in [2.24, 2.45) is 0 Å². The fourth-order valence-electron chi connectivity index (χ4n) is 2.37. The van der Waals surface area contributed by atoms with Crippen molar-refractivity contribution in [3.8, 4) is 11.3 Å². The molecule has 2 aromatic heterocycles. The number of nitrogens with one attached hydrogen (secondary N) is 1. The standard InChI is InChI=1S/C17H14F4N4OS/c1-9(2)22-13(26)8-7-12-14(10-5-3-4-6-11(10)18)23-16-25(12)24-15(27-16)17(19,20)21/h3-9H,1-2H3,(H,22,26). The lowest BCUT2D eigenvalue weighted by atomic mass is 10.1. The van der Waals surface area contributed by atoms with E-state index in [1.807, 2.05) is 0 Å². The molecule has 1 amide bonds. The third kappa shape index (κ3) is 4.00. The van der Waals surface area contributed by atoms with Gasteiger partial charge in [0.05, 0.1) is 5.69 Å². The number of aromatic nitrogens is 3. The van der Waals surface area contributed by atoms with Crippen LogP contribution < -0.4 is 5.32 Å². The highest BCUT2D eigenvalue weighted by Crippen LogP contribution is 2.35. The van der Waals surface area contributed by atoms with Gasteiger partial charge in [0.1, 0.15) is 11.5 Å². The van der Waals surface area contributed by atoms with Crippen LogP contribution in [0.2, 0.25) is 0 Å². The van der Waals surface area contributed by atoms with Crippen molar-refractivity contribution in [1.82, 2.24) is 19.9 Å². The smallest absolute Gasteiger partial charge is 0.350 e. The zero-order valence-electron chi connectivity index (χ0n) is 14.2. The molecule has 0 aliphatic heterocycles. The summed E-state index contributed by atoms with van der Waals surface area (Å²) in [6.45, 7) is 3.53. The highest BCUT2D eigenvalue weighted by Gasteiger charge is 2.36. The Hall–Kier alpha value is -2.75. The molecular formula is C17H14F4N4OS. The SMILES string of the molecule is CC(C)NC(=O)C=Cc1c(-c2ccccc2F)nc2sc(C(F)(F)F)nn12. The highest BCUT2D eigenvalue weighted by molar-refractivity contribution is 7.16. The molecule has 0 radical (unpaired) electrons. The van der Waals surface area contributed by atoms with Gasteiger partial charge in [0.15, 0.2) is 0 Å². The second-order valence-electron chi connectivity index (χ2n) is 5.92. The van der Waals surface area contributed by atoms with Crippen LogP contribution in [0.15, 0.2) is 30.3 Å². The first-order valence-corrected chi connectivity index (χ1v) is 8.68. The van der Waals surface area contributed by atoms with Crippen molar-refractivity contribution < 1.29 is 22.4 Å². The summed E-state index contributed by atoms with van der Waals surface area (Å²) in [6, 6.07) is 5.63. The number of halogens is 4. The van der Waals surface area contributed by atoms with Crippen LogP contribution in [0.25, 0.3) is 22.3 Å². The number of benzene rings is 1. The van der Waals surface area contributed by atoms with Gasteiger partial charge in [0.2, 0.25) is 15.9 Å². The van der Waals surface area contributed by atoms with Crippen LogP contribution in [-0.4, -0.2) is 26.5 Å². The third-order valence-electron chi connectivity index (χ3n) is 3.43. The van der Waals surface area contributed by atoms with Gasteiger partial charge in [-0.3, -0.25) is 4.79 Å². The van der Waals surface area contributed by atoms with Crippen LogP contribution >= 0.6 is 11.3 Å². The molecule has 1 aromatic carbocycles.